The van der Waals surface area contributed by atoms with Gasteiger partial charge in [0.25, 0.3) is 11.7 Å². The third kappa shape index (κ3) is 3.70. The van der Waals surface area contributed by atoms with Gasteiger partial charge in [0, 0.05) is 12.4 Å². The number of ether oxygens (including phenoxy) is 2. The van der Waals surface area contributed by atoms with Crippen molar-refractivity contribution in [3.63, 3.8) is 0 Å². The van der Waals surface area contributed by atoms with Crippen molar-refractivity contribution in [1.82, 2.24) is 4.98 Å². The maximum absolute atomic E-state index is 13.3. The number of phenolic OH excluding ortho intramolecular Hbond substituents is 1. The van der Waals surface area contributed by atoms with Crippen LogP contribution in [0.1, 0.15) is 17.2 Å². The molecule has 8 nitrogen and oxygen atoms in total. The first-order valence-electron chi connectivity index (χ1n) is 9.91. The molecule has 1 aromatic heterocycles. The summed E-state index contributed by atoms with van der Waals surface area (Å²) in [5.41, 5.74) is 0.328. The predicted molar refractivity (Wildman–Crippen MR) is 127 cm³/mol. The maximum Gasteiger partial charge on any atom is 0.300 e. The molecule has 0 radical (unpaired) electrons. The minimum absolute atomic E-state index is 0.00246. The summed E-state index contributed by atoms with van der Waals surface area (Å²) in [5.74, 6) is -2.54. The Bertz CT molecular complexity index is 1330. The molecular formula is C24H18Cl2N2O6. The number of rotatable bonds is 5. The average Bonchev–Trinajstić information content (AvgIpc) is 3.10. The van der Waals surface area contributed by atoms with E-state index in [4.69, 9.17) is 32.7 Å². The Morgan fingerprint density at radius 2 is 1.68 bits per heavy atom. The highest BCUT2D eigenvalue weighted by Crippen LogP contribution is 2.48. The second-order valence-electron chi connectivity index (χ2n) is 7.22. The van der Waals surface area contributed by atoms with Crippen LogP contribution in [-0.4, -0.2) is 41.1 Å². The van der Waals surface area contributed by atoms with Gasteiger partial charge in [-0.1, -0.05) is 35.3 Å². The Morgan fingerprint density at radius 3 is 2.29 bits per heavy atom. The largest absolute Gasteiger partial charge is 0.507 e. The Kier molecular flexibility index (Phi) is 6.37. The molecule has 4 rings (SSSR count). The highest BCUT2D eigenvalue weighted by Gasteiger charge is 2.48. The number of carbonyl (C=O) groups is 2. The number of nitrogens with zero attached hydrogens (tertiary/aromatic N) is 2. The molecule has 1 saturated heterocycles. The number of aromatic hydroxyl groups is 1. The Balaban J connectivity index is 2.03. The van der Waals surface area contributed by atoms with Gasteiger partial charge in [-0.3, -0.25) is 19.5 Å². The third-order valence-electron chi connectivity index (χ3n) is 5.40. The molecular weight excluding hydrogens is 483 g/mol. The number of aliphatic hydroxyl groups is 1. The highest BCUT2D eigenvalue weighted by molar-refractivity contribution is 6.52. The number of halogens is 2. The summed E-state index contributed by atoms with van der Waals surface area (Å²) in [6, 6.07) is 9.54. The van der Waals surface area contributed by atoms with Crippen molar-refractivity contribution in [1.29, 1.82) is 0 Å². The summed E-state index contributed by atoms with van der Waals surface area (Å²) >= 11 is 12.6. The third-order valence-corrected chi connectivity index (χ3v) is 6.03. The minimum atomic E-state index is -1.08. The number of para-hydroxylation sites is 2. The normalized spacial score (nSPS) is 17.2. The number of benzene rings is 2. The van der Waals surface area contributed by atoms with Gasteiger partial charge < -0.3 is 19.7 Å². The predicted octanol–water partition coefficient (Wildman–Crippen LogP) is 4.74. The van der Waals surface area contributed by atoms with Crippen molar-refractivity contribution in [2.24, 2.45) is 0 Å². The van der Waals surface area contributed by atoms with E-state index in [9.17, 15) is 19.8 Å². The van der Waals surface area contributed by atoms with Crippen molar-refractivity contribution < 1.29 is 29.3 Å². The van der Waals surface area contributed by atoms with Crippen LogP contribution in [0.3, 0.4) is 0 Å². The lowest BCUT2D eigenvalue weighted by Gasteiger charge is -2.26. The van der Waals surface area contributed by atoms with E-state index in [2.05, 4.69) is 4.98 Å². The summed E-state index contributed by atoms with van der Waals surface area (Å²) in [4.78, 5) is 31.5. The van der Waals surface area contributed by atoms with Crippen molar-refractivity contribution >= 4 is 46.3 Å². The zero-order chi connectivity index (χ0) is 24.6. The molecule has 2 heterocycles. The van der Waals surface area contributed by atoms with E-state index >= 15 is 0 Å². The van der Waals surface area contributed by atoms with Gasteiger partial charge >= 0.3 is 0 Å². The van der Waals surface area contributed by atoms with Crippen LogP contribution in [-0.2, 0) is 9.59 Å². The smallest absolute Gasteiger partial charge is 0.300 e. The Labute approximate surface area is 204 Å². The van der Waals surface area contributed by atoms with Gasteiger partial charge in [-0.15, -0.1) is 0 Å². The van der Waals surface area contributed by atoms with Crippen LogP contribution in [0.25, 0.3) is 5.76 Å². The summed E-state index contributed by atoms with van der Waals surface area (Å²) in [6.45, 7) is 0. The second kappa shape index (κ2) is 9.24. The van der Waals surface area contributed by atoms with Gasteiger partial charge in [-0.05, 0) is 35.9 Å². The van der Waals surface area contributed by atoms with Gasteiger partial charge in [0.1, 0.15) is 16.5 Å². The fourth-order valence-corrected chi connectivity index (χ4v) is 4.59. The lowest BCUT2D eigenvalue weighted by atomic mass is 9.95. The maximum atomic E-state index is 13.3. The zero-order valence-corrected chi connectivity index (χ0v) is 19.5. The molecule has 174 valence electrons. The molecule has 1 unspecified atom stereocenters. The molecule has 2 N–H and O–H groups in total. The number of hydrogen-bond donors (Lipinski definition) is 2. The topological polar surface area (TPSA) is 109 Å². The Morgan fingerprint density at radius 1 is 1.03 bits per heavy atom. The van der Waals surface area contributed by atoms with Gasteiger partial charge in [0.2, 0.25) is 0 Å². The number of carbonyl (C=O) groups excluding carboxylic acids is 2. The Hall–Kier alpha value is -3.75. The monoisotopic (exact) mass is 500 g/mol. The van der Waals surface area contributed by atoms with Crippen molar-refractivity contribution in [2.45, 2.75) is 6.04 Å². The number of Topliss-reactive ketones (excluding diaryl/α,β-unsaturated/α-hetero) is 1. The number of ketones is 1. The summed E-state index contributed by atoms with van der Waals surface area (Å²) in [7, 11) is 2.69. The van der Waals surface area contributed by atoms with Crippen molar-refractivity contribution in [3.05, 3.63) is 81.6 Å². The number of methoxy groups -OCH3 is 2. The van der Waals surface area contributed by atoms with Crippen LogP contribution in [0.2, 0.25) is 10.0 Å². The number of hydrogen-bond acceptors (Lipinski definition) is 7. The molecule has 1 fully saturated rings. The fourth-order valence-electron chi connectivity index (χ4n) is 3.90. The van der Waals surface area contributed by atoms with Crippen molar-refractivity contribution in [3.8, 4) is 17.2 Å². The van der Waals surface area contributed by atoms with E-state index in [1.165, 1.54) is 44.8 Å². The van der Waals surface area contributed by atoms with Crippen molar-refractivity contribution in [2.75, 3.05) is 19.1 Å². The van der Waals surface area contributed by atoms with Crippen LogP contribution in [0.5, 0.6) is 17.2 Å². The number of phenols is 1. The van der Waals surface area contributed by atoms with Crippen LogP contribution in [0, 0.1) is 0 Å². The molecule has 1 atom stereocenters. The van der Waals surface area contributed by atoms with Gasteiger partial charge in [-0.25, -0.2) is 0 Å². The van der Waals surface area contributed by atoms with E-state index in [-0.39, 0.29) is 44.1 Å². The zero-order valence-electron chi connectivity index (χ0n) is 18.0. The lowest BCUT2D eigenvalue weighted by Crippen LogP contribution is -2.29. The fraction of sp³-hybridized carbons (Fsp3) is 0.125. The summed E-state index contributed by atoms with van der Waals surface area (Å²) < 4.78 is 10.6. The second-order valence-corrected chi connectivity index (χ2v) is 8.01. The molecule has 0 bridgehead atoms. The van der Waals surface area contributed by atoms with E-state index in [0.717, 1.165) is 4.90 Å². The molecule has 1 aliphatic heterocycles. The molecule has 3 aromatic rings. The standard InChI is InChI=1S/C24H18Cl2N2O6/c1-33-22-13(11-14(25)23(34-2)18(22)26)20(30)17-19(12-7-9-27-10-8-12)28(24(32)21(17)31)15-5-3-4-6-16(15)29/h3-11,19,29-30H,1-2H3/b20-17+. The van der Waals surface area contributed by atoms with Crippen LogP contribution >= 0.6 is 23.2 Å². The van der Waals surface area contributed by atoms with Gasteiger partial charge in [-0.2, -0.15) is 0 Å². The number of amides is 1. The number of pyridine rings is 1. The summed E-state index contributed by atoms with van der Waals surface area (Å²) in [6.07, 6.45) is 2.98. The number of aromatic nitrogens is 1. The SMILES string of the molecule is COc1c(Cl)cc(/C(O)=C2\C(=O)C(=O)N(c3ccccc3O)C2c2ccncc2)c(OC)c1Cl. The van der Waals surface area contributed by atoms with Crippen LogP contribution in [0.15, 0.2) is 60.4 Å². The molecule has 0 aliphatic carbocycles. The molecule has 1 aliphatic rings. The summed E-state index contributed by atoms with van der Waals surface area (Å²) in [5, 5.41) is 21.8. The molecule has 10 heteroatoms. The first-order valence-corrected chi connectivity index (χ1v) is 10.7. The van der Waals surface area contributed by atoms with E-state index in [1.807, 2.05) is 0 Å². The van der Waals surface area contributed by atoms with E-state index < -0.39 is 23.5 Å². The van der Waals surface area contributed by atoms with E-state index in [1.54, 1.807) is 24.3 Å². The van der Waals surface area contributed by atoms with Crippen LogP contribution < -0.4 is 14.4 Å². The molecule has 1 amide bonds. The average molecular weight is 501 g/mol. The number of anilines is 1. The number of aliphatic hydroxyl groups excluding tert-OH is 1. The molecule has 34 heavy (non-hydrogen) atoms. The molecule has 0 saturated carbocycles. The van der Waals surface area contributed by atoms with Gasteiger partial charge in [0.05, 0.1) is 42.1 Å². The first kappa shape index (κ1) is 23.4. The minimum Gasteiger partial charge on any atom is -0.507 e. The quantitative estimate of drug-likeness (QED) is 0.295. The first-order chi connectivity index (χ1) is 16.3. The van der Waals surface area contributed by atoms with E-state index in [0.29, 0.717) is 5.56 Å². The molecule has 0 spiro atoms. The van der Waals surface area contributed by atoms with Gasteiger partial charge in [0.15, 0.2) is 11.5 Å². The lowest BCUT2D eigenvalue weighted by molar-refractivity contribution is -0.132. The molecule has 2 aromatic carbocycles. The highest BCUT2D eigenvalue weighted by atomic mass is 35.5. The van der Waals surface area contributed by atoms with Crippen LogP contribution in [0.4, 0.5) is 5.69 Å².